The van der Waals surface area contributed by atoms with Gasteiger partial charge < -0.3 is 9.32 Å². The molecule has 11 aromatic rings. The van der Waals surface area contributed by atoms with E-state index in [4.69, 9.17) is 4.42 Å². The van der Waals surface area contributed by atoms with Crippen LogP contribution in [0.2, 0.25) is 0 Å². The Bertz CT molecular complexity index is 3210. The predicted octanol–water partition coefficient (Wildman–Crippen LogP) is 15.0. The molecule has 0 N–H and O–H groups in total. The van der Waals surface area contributed by atoms with Gasteiger partial charge in [0.2, 0.25) is 0 Å². The zero-order chi connectivity index (χ0) is 35.6. The van der Waals surface area contributed by atoms with Gasteiger partial charge in [-0.25, -0.2) is 0 Å². The van der Waals surface area contributed by atoms with Crippen molar-refractivity contribution in [2.75, 3.05) is 4.90 Å². The van der Waals surface area contributed by atoms with Crippen molar-refractivity contribution in [2.24, 2.45) is 0 Å². The number of benzene rings is 10. The third-order valence-corrected chi connectivity index (χ3v) is 11.0. The Hall–Kier alpha value is -7.16. The Morgan fingerprint density at radius 2 is 0.926 bits per heavy atom. The Morgan fingerprint density at radius 1 is 0.315 bits per heavy atom. The average molecular weight is 688 g/mol. The van der Waals surface area contributed by atoms with Crippen LogP contribution in [0.4, 0.5) is 17.1 Å². The number of fused-ring (bicyclic) bond motifs is 9. The fourth-order valence-corrected chi connectivity index (χ4v) is 8.49. The summed E-state index contributed by atoms with van der Waals surface area (Å²) in [4.78, 5) is 2.38. The van der Waals surface area contributed by atoms with Crippen LogP contribution < -0.4 is 4.90 Å². The van der Waals surface area contributed by atoms with Gasteiger partial charge in [-0.1, -0.05) is 152 Å². The molecule has 1 heterocycles. The van der Waals surface area contributed by atoms with E-state index in [9.17, 15) is 0 Å². The van der Waals surface area contributed by atoms with Crippen LogP contribution in [0.15, 0.2) is 205 Å². The quantitative estimate of drug-likeness (QED) is 0.168. The molecule has 0 aliphatic rings. The highest BCUT2D eigenvalue weighted by Gasteiger charge is 2.20. The van der Waals surface area contributed by atoms with Crippen LogP contribution in [0.25, 0.3) is 87.3 Å². The third-order valence-electron chi connectivity index (χ3n) is 11.0. The summed E-state index contributed by atoms with van der Waals surface area (Å²) in [6, 6.07) is 72.3. The highest BCUT2D eigenvalue weighted by Crippen LogP contribution is 2.45. The summed E-state index contributed by atoms with van der Waals surface area (Å²) in [6.07, 6.45) is 0. The maximum atomic E-state index is 6.72. The fourth-order valence-electron chi connectivity index (χ4n) is 8.49. The van der Waals surface area contributed by atoms with Gasteiger partial charge in [-0.15, -0.1) is 0 Å². The Morgan fingerprint density at radius 3 is 1.78 bits per heavy atom. The smallest absolute Gasteiger partial charge is 0.143 e. The lowest BCUT2D eigenvalue weighted by Gasteiger charge is -2.27. The van der Waals surface area contributed by atoms with E-state index < -0.39 is 0 Å². The van der Waals surface area contributed by atoms with Crippen LogP contribution in [0.1, 0.15) is 0 Å². The molecule has 0 saturated carbocycles. The van der Waals surface area contributed by atoms with Gasteiger partial charge >= 0.3 is 0 Å². The van der Waals surface area contributed by atoms with Crippen molar-refractivity contribution in [2.45, 2.75) is 0 Å². The van der Waals surface area contributed by atoms with Crippen LogP contribution in [0.5, 0.6) is 0 Å². The van der Waals surface area contributed by atoms with E-state index >= 15 is 0 Å². The molecule has 0 aliphatic heterocycles. The molecule has 0 bridgehead atoms. The van der Waals surface area contributed by atoms with Gasteiger partial charge in [0.1, 0.15) is 11.2 Å². The summed E-state index contributed by atoms with van der Waals surface area (Å²) in [6.45, 7) is 0. The largest absolute Gasteiger partial charge is 0.455 e. The minimum atomic E-state index is 0.869. The van der Waals surface area contributed by atoms with Gasteiger partial charge in [-0.2, -0.15) is 0 Å². The number of rotatable bonds is 5. The molecule has 252 valence electrons. The number of nitrogens with zero attached hydrogens (tertiary/aromatic N) is 1. The molecule has 0 amide bonds. The molecule has 2 heteroatoms. The van der Waals surface area contributed by atoms with Gasteiger partial charge in [0.15, 0.2) is 0 Å². The molecule has 11 rings (SSSR count). The zero-order valence-electron chi connectivity index (χ0n) is 29.4. The summed E-state index contributed by atoms with van der Waals surface area (Å²) in [5.74, 6) is 0. The number of hydrogen-bond acceptors (Lipinski definition) is 2. The monoisotopic (exact) mass is 687 g/mol. The van der Waals surface area contributed by atoms with Crippen molar-refractivity contribution in [3.8, 4) is 22.3 Å². The predicted molar refractivity (Wildman–Crippen MR) is 229 cm³/mol. The Kier molecular flexibility index (Phi) is 6.90. The average Bonchev–Trinajstić information content (AvgIpc) is 3.63. The summed E-state index contributed by atoms with van der Waals surface area (Å²) in [5.41, 5.74) is 9.85. The normalized spacial score (nSPS) is 11.7. The van der Waals surface area contributed by atoms with Crippen molar-refractivity contribution >= 4 is 82.1 Å². The van der Waals surface area contributed by atoms with E-state index in [0.717, 1.165) is 44.4 Å². The van der Waals surface area contributed by atoms with Crippen molar-refractivity contribution in [1.29, 1.82) is 0 Å². The molecule has 0 fully saturated rings. The van der Waals surface area contributed by atoms with E-state index in [0.29, 0.717) is 0 Å². The van der Waals surface area contributed by atoms with Crippen LogP contribution in [-0.4, -0.2) is 0 Å². The Labute approximate surface area is 312 Å². The molecule has 1 aromatic heterocycles. The lowest BCUT2D eigenvalue weighted by molar-refractivity contribution is 0.672. The third kappa shape index (κ3) is 4.81. The molecule has 0 spiro atoms. The summed E-state index contributed by atoms with van der Waals surface area (Å²) >= 11 is 0. The molecule has 54 heavy (non-hydrogen) atoms. The topological polar surface area (TPSA) is 16.4 Å². The second-order valence-corrected chi connectivity index (χ2v) is 14.1. The standard InChI is InChI=1S/C52H33NO/c1-2-12-34(13-3-1)35-24-27-38(28-25-35)53(39-29-31-47-48-30-26-36-14-4-7-17-41(36)52(48)54-51(47)33-39)50-23-11-21-43-45(20-10-22-46(43)50)49-32-37-15-5-6-16-40(37)42-18-8-9-19-44(42)49/h1-33H. The van der Waals surface area contributed by atoms with Crippen molar-refractivity contribution in [3.63, 3.8) is 0 Å². The van der Waals surface area contributed by atoms with E-state index in [1.807, 2.05) is 0 Å². The van der Waals surface area contributed by atoms with Gasteiger partial charge in [0, 0.05) is 39.0 Å². The molecule has 10 aromatic carbocycles. The van der Waals surface area contributed by atoms with Crippen LogP contribution in [-0.2, 0) is 0 Å². The van der Waals surface area contributed by atoms with Gasteiger partial charge in [-0.05, 0) is 97.0 Å². The molecular formula is C52H33NO. The van der Waals surface area contributed by atoms with Gasteiger partial charge in [0.25, 0.3) is 0 Å². The van der Waals surface area contributed by atoms with Crippen LogP contribution >= 0.6 is 0 Å². The second kappa shape index (κ2) is 12.2. The lowest BCUT2D eigenvalue weighted by Crippen LogP contribution is -2.10. The van der Waals surface area contributed by atoms with Crippen molar-refractivity contribution < 1.29 is 4.42 Å². The lowest BCUT2D eigenvalue weighted by atomic mass is 9.90. The summed E-state index contributed by atoms with van der Waals surface area (Å²) in [7, 11) is 0. The number of hydrogen-bond donors (Lipinski definition) is 0. The molecule has 0 unspecified atom stereocenters. The van der Waals surface area contributed by atoms with Gasteiger partial charge in [-0.3, -0.25) is 0 Å². The first-order chi connectivity index (χ1) is 26.8. The van der Waals surface area contributed by atoms with E-state index in [1.165, 1.54) is 60.0 Å². The maximum absolute atomic E-state index is 6.72. The zero-order valence-corrected chi connectivity index (χ0v) is 29.4. The fraction of sp³-hybridized carbons (Fsp3) is 0. The molecule has 0 saturated heterocycles. The molecular weight excluding hydrogens is 655 g/mol. The number of anilines is 3. The van der Waals surface area contributed by atoms with Crippen LogP contribution in [0, 0.1) is 0 Å². The minimum absolute atomic E-state index is 0.869. The first kappa shape index (κ1) is 30.5. The van der Waals surface area contributed by atoms with Crippen molar-refractivity contribution in [3.05, 3.63) is 200 Å². The van der Waals surface area contributed by atoms with E-state index in [1.54, 1.807) is 0 Å². The SMILES string of the molecule is c1ccc(-c2ccc(N(c3ccc4c(c3)oc3c5ccccc5ccc43)c3cccc4c(-c5cc6ccccc6c6ccccc56)cccc34)cc2)cc1. The second-order valence-electron chi connectivity index (χ2n) is 14.1. The van der Waals surface area contributed by atoms with Crippen LogP contribution in [0.3, 0.4) is 0 Å². The highest BCUT2D eigenvalue weighted by molar-refractivity contribution is 6.18. The minimum Gasteiger partial charge on any atom is -0.455 e. The summed E-state index contributed by atoms with van der Waals surface area (Å²) in [5, 5.41) is 12.0. The molecule has 0 radical (unpaired) electrons. The van der Waals surface area contributed by atoms with Crippen molar-refractivity contribution in [1.82, 2.24) is 0 Å². The molecule has 0 atom stereocenters. The first-order valence-electron chi connectivity index (χ1n) is 18.5. The van der Waals surface area contributed by atoms with E-state index in [2.05, 4.69) is 205 Å². The number of furan rings is 1. The Balaban J connectivity index is 1.14. The summed E-state index contributed by atoms with van der Waals surface area (Å²) < 4.78 is 6.72. The molecule has 0 aliphatic carbocycles. The highest BCUT2D eigenvalue weighted by atomic mass is 16.3. The van der Waals surface area contributed by atoms with Gasteiger partial charge in [0.05, 0.1) is 5.69 Å². The molecule has 2 nitrogen and oxygen atoms in total. The first-order valence-corrected chi connectivity index (χ1v) is 18.5. The maximum Gasteiger partial charge on any atom is 0.143 e. The van der Waals surface area contributed by atoms with E-state index in [-0.39, 0.29) is 0 Å².